The first-order valence-electron chi connectivity index (χ1n) is 6.66. The maximum absolute atomic E-state index is 11.3. The number of nitrogens with one attached hydrogen (secondary N) is 1. The molecule has 3 rings (SSSR count). The Bertz CT molecular complexity index is 627. The lowest BCUT2D eigenvalue weighted by Crippen LogP contribution is -2.32. The van der Waals surface area contributed by atoms with E-state index in [1.54, 1.807) is 17.5 Å². The number of aromatic nitrogens is 2. The topological polar surface area (TPSA) is 81.7 Å². The molecule has 21 heavy (non-hydrogen) atoms. The summed E-state index contributed by atoms with van der Waals surface area (Å²) >= 11 is 0. The number of fused-ring (bicyclic) bond motifs is 1. The summed E-state index contributed by atoms with van der Waals surface area (Å²) in [5.41, 5.74) is 6.48. The van der Waals surface area contributed by atoms with Crippen molar-refractivity contribution in [3.63, 3.8) is 0 Å². The zero-order chi connectivity index (χ0) is 15.1. The first kappa shape index (κ1) is 14.8. The molecule has 1 aliphatic rings. The third kappa shape index (κ3) is 4.19. The van der Waals surface area contributed by atoms with Crippen LogP contribution in [0, 0.1) is 0 Å². The van der Waals surface area contributed by atoms with Crippen LogP contribution in [0.25, 0.3) is 5.65 Å². The number of carbonyl (C=O) groups excluding carboxylic acids is 1. The van der Waals surface area contributed by atoms with E-state index in [1.165, 1.54) is 0 Å². The summed E-state index contributed by atoms with van der Waals surface area (Å²) in [5, 5.41) is 2.89. The molecule has 0 aromatic carbocycles. The van der Waals surface area contributed by atoms with Gasteiger partial charge < -0.3 is 20.2 Å². The van der Waals surface area contributed by atoms with E-state index in [-0.39, 0.29) is 12.1 Å². The number of pyridine rings is 1. The summed E-state index contributed by atoms with van der Waals surface area (Å²) in [4.78, 5) is 15.4. The van der Waals surface area contributed by atoms with Gasteiger partial charge in [0.05, 0.1) is 12.8 Å². The highest BCUT2D eigenvalue weighted by molar-refractivity contribution is 5.87. The Morgan fingerprint density at radius 1 is 1.48 bits per heavy atom. The number of nitrogens with two attached hydrogens (primary N) is 1. The van der Waals surface area contributed by atoms with Gasteiger partial charge >= 0.3 is 5.97 Å². The lowest BCUT2D eigenvalue weighted by molar-refractivity contribution is 0.0520. The average Bonchev–Trinajstić information content (AvgIpc) is 2.93. The Labute approximate surface area is 122 Å². The third-order valence-electron chi connectivity index (χ3n) is 2.66. The van der Waals surface area contributed by atoms with Gasteiger partial charge in [-0.1, -0.05) is 12.1 Å². The zero-order valence-electron chi connectivity index (χ0n) is 11.8. The van der Waals surface area contributed by atoms with E-state index in [0.717, 1.165) is 5.65 Å². The van der Waals surface area contributed by atoms with Gasteiger partial charge in [-0.25, -0.2) is 9.78 Å². The summed E-state index contributed by atoms with van der Waals surface area (Å²) in [6.45, 7) is 2.14. The van der Waals surface area contributed by atoms with E-state index >= 15 is 0 Å². The molecule has 2 aromatic rings. The molecule has 0 fully saturated rings. The summed E-state index contributed by atoms with van der Waals surface area (Å²) in [7, 11) is 0. The van der Waals surface area contributed by atoms with Gasteiger partial charge in [-0.3, -0.25) is 0 Å². The average molecular weight is 286 g/mol. The number of esters is 1. The van der Waals surface area contributed by atoms with Crippen LogP contribution >= 0.6 is 0 Å². The van der Waals surface area contributed by atoms with E-state index in [0.29, 0.717) is 12.3 Å². The number of hydrogen-bond acceptors (Lipinski definition) is 5. The van der Waals surface area contributed by atoms with E-state index in [2.05, 4.69) is 10.3 Å². The second-order valence-corrected chi connectivity index (χ2v) is 4.25. The Morgan fingerprint density at radius 3 is 2.90 bits per heavy atom. The van der Waals surface area contributed by atoms with Gasteiger partial charge in [-0.15, -0.1) is 0 Å². The Hall–Kier alpha value is -2.60. The molecular formula is C15H18N4O2. The van der Waals surface area contributed by atoms with Crippen molar-refractivity contribution >= 4 is 11.6 Å². The minimum absolute atomic E-state index is 0.0185. The summed E-state index contributed by atoms with van der Waals surface area (Å²) in [6.07, 6.45) is 11.1. The van der Waals surface area contributed by atoms with Gasteiger partial charge in [0.2, 0.25) is 0 Å². The van der Waals surface area contributed by atoms with Crippen LogP contribution in [-0.2, 0) is 4.74 Å². The number of imidazole rings is 1. The first-order valence-corrected chi connectivity index (χ1v) is 6.66. The van der Waals surface area contributed by atoms with Crippen LogP contribution in [0.15, 0.2) is 55.0 Å². The summed E-state index contributed by atoms with van der Waals surface area (Å²) in [5.74, 6) is -0.379. The Kier molecular flexibility index (Phi) is 5.11. The van der Waals surface area contributed by atoms with Gasteiger partial charge in [-0.05, 0) is 37.4 Å². The van der Waals surface area contributed by atoms with Crippen LogP contribution in [0.5, 0.6) is 0 Å². The molecule has 110 valence electrons. The van der Waals surface area contributed by atoms with Crippen molar-refractivity contribution in [3.05, 3.63) is 60.7 Å². The SMILES string of the molecule is CCOC(=O)c1cn2ccccc2n1.NC1C=CC=CN1. The van der Waals surface area contributed by atoms with Crippen LogP contribution in [0.3, 0.4) is 0 Å². The number of dihydropyridines is 1. The number of nitrogens with zero attached hydrogens (tertiary/aromatic N) is 2. The second-order valence-electron chi connectivity index (χ2n) is 4.25. The van der Waals surface area contributed by atoms with Crippen molar-refractivity contribution in [1.29, 1.82) is 0 Å². The molecule has 0 saturated heterocycles. The quantitative estimate of drug-likeness (QED) is 0.817. The first-order chi connectivity index (χ1) is 10.2. The van der Waals surface area contributed by atoms with Crippen molar-refractivity contribution in [3.8, 4) is 0 Å². The maximum Gasteiger partial charge on any atom is 0.358 e. The van der Waals surface area contributed by atoms with Gasteiger partial charge in [0.15, 0.2) is 5.69 Å². The fourth-order valence-corrected chi connectivity index (χ4v) is 1.70. The van der Waals surface area contributed by atoms with E-state index in [4.69, 9.17) is 10.5 Å². The molecule has 3 N–H and O–H groups in total. The largest absolute Gasteiger partial charge is 0.461 e. The molecule has 1 unspecified atom stereocenters. The van der Waals surface area contributed by atoms with Crippen molar-refractivity contribution in [2.45, 2.75) is 13.1 Å². The summed E-state index contributed by atoms with van der Waals surface area (Å²) < 4.78 is 6.63. The molecule has 0 saturated carbocycles. The van der Waals surface area contributed by atoms with Crippen LogP contribution in [0.4, 0.5) is 0 Å². The fraction of sp³-hybridized carbons (Fsp3) is 0.200. The van der Waals surface area contributed by atoms with Crippen molar-refractivity contribution in [1.82, 2.24) is 14.7 Å². The molecule has 0 amide bonds. The maximum atomic E-state index is 11.3. The lowest BCUT2D eigenvalue weighted by Gasteiger charge is -2.07. The van der Waals surface area contributed by atoms with E-state index in [9.17, 15) is 4.79 Å². The molecule has 0 spiro atoms. The highest BCUT2D eigenvalue weighted by atomic mass is 16.5. The minimum atomic E-state index is -0.379. The number of carbonyl (C=O) groups is 1. The van der Waals surface area contributed by atoms with Gasteiger partial charge in [-0.2, -0.15) is 0 Å². The molecule has 6 nitrogen and oxygen atoms in total. The molecule has 6 heteroatoms. The minimum Gasteiger partial charge on any atom is -0.461 e. The van der Waals surface area contributed by atoms with Crippen LogP contribution in [-0.4, -0.2) is 28.1 Å². The Morgan fingerprint density at radius 2 is 2.33 bits per heavy atom. The molecule has 3 heterocycles. The smallest absolute Gasteiger partial charge is 0.358 e. The number of rotatable bonds is 2. The van der Waals surface area contributed by atoms with E-state index in [1.807, 2.05) is 48.8 Å². The molecule has 0 radical (unpaired) electrons. The molecule has 0 bridgehead atoms. The second kappa shape index (κ2) is 7.25. The Balaban J connectivity index is 0.000000194. The monoisotopic (exact) mass is 286 g/mol. The molecular weight excluding hydrogens is 268 g/mol. The predicted octanol–water partition coefficient (Wildman–Crippen LogP) is 1.46. The standard InChI is InChI=1S/C10H10N2O2.C5H8N2/c1-2-14-10(13)8-7-12-6-4-3-5-9(12)11-8;6-5-3-1-2-4-7-5/h3-7H,2H2,1H3;1-5,7H,6H2. The third-order valence-corrected chi connectivity index (χ3v) is 2.66. The van der Waals surface area contributed by atoms with Crippen molar-refractivity contribution < 1.29 is 9.53 Å². The lowest BCUT2D eigenvalue weighted by atomic mass is 10.3. The fourth-order valence-electron chi connectivity index (χ4n) is 1.70. The molecule has 1 aliphatic heterocycles. The highest BCUT2D eigenvalue weighted by Crippen LogP contribution is 2.05. The van der Waals surface area contributed by atoms with Crippen LogP contribution < -0.4 is 11.1 Å². The van der Waals surface area contributed by atoms with Crippen LogP contribution in [0.1, 0.15) is 17.4 Å². The van der Waals surface area contributed by atoms with Gasteiger partial charge in [0.1, 0.15) is 5.65 Å². The molecule has 1 atom stereocenters. The molecule has 2 aromatic heterocycles. The zero-order valence-corrected chi connectivity index (χ0v) is 11.8. The number of hydrogen-bond donors (Lipinski definition) is 2. The van der Waals surface area contributed by atoms with E-state index < -0.39 is 0 Å². The highest BCUT2D eigenvalue weighted by Gasteiger charge is 2.10. The van der Waals surface area contributed by atoms with Gasteiger partial charge in [0, 0.05) is 12.4 Å². The van der Waals surface area contributed by atoms with Gasteiger partial charge in [0.25, 0.3) is 0 Å². The predicted molar refractivity (Wildman–Crippen MR) is 80.5 cm³/mol. The normalized spacial score (nSPS) is 16.0. The number of ether oxygens (including phenoxy) is 1. The molecule has 0 aliphatic carbocycles. The number of allylic oxidation sites excluding steroid dienone is 2. The van der Waals surface area contributed by atoms with Crippen molar-refractivity contribution in [2.75, 3.05) is 6.61 Å². The van der Waals surface area contributed by atoms with Crippen molar-refractivity contribution in [2.24, 2.45) is 5.73 Å². The van der Waals surface area contributed by atoms with Crippen LogP contribution in [0.2, 0.25) is 0 Å². The summed E-state index contributed by atoms with van der Waals surface area (Å²) in [6, 6.07) is 5.59.